The number of rotatable bonds is 3. The number of pyridine rings is 1. The second kappa shape index (κ2) is 5.63. The van der Waals surface area contributed by atoms with Gasteiger partial charge in [-0.25, -0.2) is 0 Å². The zero-order valence-corrected chi connectivity index (χ0v) is 11.3. The third-order valence-corrected chi connectivity index (χ3v) is 3.27. The SMILES string of the molecule is OC(Cc1ccccn1)c1ccc(Br)cc1Cl. The summed E-state index contributed by atoms with van der Waals surface area (Å²) in [6, 6.07) is 11.1. The van der Waals surface area contributed by atoms with Crippen LogP contribution in [-0.2, 0) is 6.42 Å². The first-order valence-corrected chi connectivity index (χ1v) is 6.37. The van der Waals surface area contributed by atoms with Crippen LogP contribution in [0, 0.1) is 0 Å². The summed E-state index contributed by atoms with van der Waals surface area (Å²) < 4.78 is 0.899. The Labute approximate surface area is 113 Å². The van der Waals surface area contributed by atoms with Crippen LogP contribution in [0.1, 0.15) is 17.4 Å². The fraction of sp³-hybridized carbons (Fsp3) is 0.154. The van der Waals surface area contributed by atoms with E-state index in [0.29, 0.717) is 11.4 Å². The molecule has 0 saturated carbocycles. The lowest BCUT2D eigenvalue weighted by Crippen LogP contribution is -2.03. The van der Waals surface area contributed by atoms with E-state index in [1.807, 2.05) is 30.3 Å². The van der Waals surface area contributed by atoms with Gasteiger partial charge in [-0.05, 0) is 29.8 Å². The molecule has 1 N–H and O–H groups in total. The van der Waals surface area contributed by atoms with Gasteiger partial charge in [0.15, 0.2) is 0 Å². The first-order valence-electron chi connectivity index (χ1n) is 5.20. The van der Waals surface area contributed by atoms with Crippen molar-refractivity contribution in [1.82, 2.24) is 4.98 Å². The molecule has 0 aliphatic heterocycles. The standard InChI is InChI=1S/C13H11BrClNO/c14-9-4-5-11(12(15)7-9)13(17)8-10-3-1-2-6-16-10/h1-7,13,17H,8H2. The van der Waals surface area contributed by atoms with Crippen molar-refractivity contribution in [1.29, 1.82) is 0 Å². The minimum absolute atomic E-state index is 0.461. The summed E-state index contributed by atoms with van der Waals surface area (Å²) in [6.45, 7) is 0. The lowest BCUT2D eigenvalue weighted by molar-refractivity contribution is 0.177. The molecule has 88 valence electrons. The number of aliphatic hydroxyl groups excluding tert-OH is 1. The molecule has 0 bridgehead atoms. The molecule has 1 aromatic heterocycles. The molecule has 1 atom stereocenters. The van der Waals surface area contributed by atoms with Gasteiger partial charge >= 0.3 is 0 Å². The van der Waals surface area contributed by atoms with Crippen LogP contribution in [0.2, 0.25) is 5.02 Å². The number of aliphatic hydroxyl groups is 1. The topological polar surface area (TPSA) is 33.1 Å². The summed E-state index contributed by atoms with van der Waals surface area (Å²) >= 11 is 9.41. The average Bonchev–Trinajstić information content (AvgIpc) is 2.30. The van der Waals surface area contributed by atoms with Gasteiger partial charge in [-0.2, -0.15) is 0 Å². The van der Waals surface area contributed by atoms with Crippen molar-refractivity contribution in [3.63, 3.8) is 0 Å². The van der Waals surface area contributed by atoms with Gasteiger partial charge in [0.25, 0.3) is 0 Å². The maximum absolute atomic E-state index is 10.1. The summed E-state index contributed by atoms with van der Waals surface area (Å²) in [6.07, 6.45) is 1.54. The predicted molar refractivity (Wildman–Crippen MR) is 72.1 cm³/mol. The summed E-state index contributed by atoms with van der Waals surface area (Å²) in [5.41, 5.74) is 1.57. The maximum Gasteiger partial charge on any atom is 0.0859 e. The van der Waals surface area contributed by atoms with Gasteiger partial charge < -0.3 is 5.11 Å². The van der Waals surface area contributed by atoms with E-state index in [1.54, 1.807) is 12.3 Å². The summed E-state index contributed by atoms with van der Waals surface area (Å²) in [5, 5.41) is 10.7. The molecule has 0 fully saturated rings. The highest BCUT2D eigenvalue weighted by Crippen LogP contribution is 2.28. The summed E-state index contributed by atoms with van der Waals surface area (Å²) in [7, 11) is 0. The van der Waals surface area contributed by atoms with E-state index >= 15 is 0 Å². The van der Waals surface area contributed by atoms with E-state index < -0.39 is 6.10 Å². The zero-order chi connectivity index (χ0) is 12.3. The number of benzene rings is 1. The lowest BCUT2D eigenvalue weighted by Gasteiger charge is -2.12. The summed E-state index contributed by atoms with van der Waals surface area (Å²) in [5.74, 6) is 0. The van der Waals surface area contributed by atoms with Gasteiger partial charge in [-0.1, -0.05) is 39.7 Å². The minimum Gasteiger partial charge on any atom is -0.388 e. The summed E-state index contributed by atoms with van der Waals surface area (Å²) in [4.78, 5) is 4.18. The maximum atomic E-state index is 10.1. The highest BCUT2D eigenvalue weighted by molar-refractivity contribution is 9.10. The Morgan fingerprint density at radius 2 is 2.12 bits per heavy atom. The molecule has 0 saturated heterocycles. The van der Waals surface area contributed by atoms with Crippen molar-refractivity contribution in [3.05, 3.63) is 63.3 Å². The van der Waals surface area contributed by atoms with E-state index in [-0.39, 0.29) is 0 Å². The van der Waals surface area contributed by atoms with Crippen molar-refractivity contribution >= 4 is 27.5 Å². The normalized spacial score (nSPS) is 12.4. The van der Waals surface area contributed by atoms with Crippen molar-refractivity contribution < 1.29 is 5.11 Å². The third-order valence-electron chi connectivity index (χ3n) is 2.45. The monoisotopic (exact) mass is 311 g/mol. The Hall–Kier alpha value is -0.900. The largest absolute Gasteiger partial charge is 0.388 e. The number of hydrogen-bond acceptors (Lipinski definition) is 2. The Morgan fingerprint density at radius 3 is 2.76 bits per heavy atom. The molecule has 0 radical (unpaired) electrons. The number of nitrogens with zero attached hydrogens (tertiary/aromatic N) is 1. The van der Waals surface area contributed by atoms with Gasteiger partial charge in [-0.15, -0.1) is 0 Å². The van der Waals surface area contributed by atoms with Gasteiger partial charge in [0, 0.05) is 27.8 Å². The van der Waals surface area contributed by atoms with Crippen molar-refractivity contribution in [2.75, 3.05) is 0 Å². The molecule has 1 aromatic carbocycles. The van der Waals surface area contributed by atoms with Gasteiger partial charge in [0.2, 0.25) is 0 Å². The Kier molecular flexibility index (Phi) is 4.15. The average molecular weight is 313 g/mol. The van der Waals surface area contributed by atoms with Crippen LogP contribution in [0.4, 0.5) is 0 Å². The molecule has 1 heterocycles. The first-order chi connectivity index (χ1) is 8.16. The molecule has 0 amide bonds. The molecule has 1 unspecified atom stereocenters. The number of aromatic nitrogens is 1. The molecule has 17 heavy (non-hydrogen) atoms. The van der Waals surface area contributed by atoms with E-state index in [2.05, 4.69) is 20.9 Å². The fourth-order valence-electron chi connectivity index (χ4n) is 1.60. The quantitative estimate of drug-likeness (QED) is 0.936. The highest BCUT2D eigenvalue weighted by Gasteiger charge is 2.12. The predicted octanol–water partition coefficient (Wildman–Crippen LogP) is 3.77. The Bertz CT molecular complexity index is 504. The third kappa shape index (κ3) is 3.28. The first kappa shape index (κ1) is 12.6. The number of hydrogen-bond donors (Lipinski definition) is 1. The highest BCUT2D eigenvalue weighted by atomic mass is 79.9. The van der Waals surface area contributed by atoms with E-state index in [1.165, 1.54) is 0 Å². The smallest absolute Gasteiger partial charge is 0.0859 e. The molecule has 4 heteroatoms. The Balaban J connectivity index is 2.17. The van der Waals surface area contributed by atoms with E-state index in [9.17, 15) is 5.11 Å². The minimum atomic E-state index is -0.634. The van der Waals surface area contributed by atoms with Crippen molar-refractivity contribution in [3.8, 4) is 0 Å². The molecule has 0 aliphatic carbocycles. The molecule has 0 spiro atoms. The van der Waals surface area contributed by atoms with Crippen LogP contribution in [-0.4, -0.2) is 10.1 Å². The van der Waals surface area contributed by atoms with Crippen LogP contribution >= 0.6 is 27.5 Å². The molecule has 2 rings (SSSR count). The molecular weight excluding hydrogens is 302 g/mol. The van der Waals surface area contributed by atoms with E-state index in [0.717, 1.165) is 15.7 Å². The molecule has 2 aromatic rings. The van der Waals surface area contributed by atoms with Crippen LogP contribution in [0.25, 0.3) is 0 Å². The van der Waals surface area contributed by atoms with Crippen LogP contribution in [0.3, 0.4) is 0 Å². The van der Waals surface area contributed by atoms with Crippen molar-refractivity contribution in [2.24, 2.45) is 0 Å². The van der Waals surface area contributed by atoms with Gasteiger partial charge in [0.05, 0.1) is 6.10 Å². The molecular formula is C13H11BrClNO. The number of halogens is 2. The zero-order valence-electron chi connectivity index (χ0n) is 8.98. The lowest BCUT2D eigenvalue weighted by atomic mass is 10.0. The van der Waals surface area contributed by atoms with Gasteiger partial charge in [0.1, 0.15) is 0 Å². The van der Waals surface area contributed by atoms with Crippen LogP contribution < -0.4 is 0 Å². The Morgan fingerprint density at radius 1 is 1.29 bits per heavy atom. The van der Waals surface area contributed by atoms with Crippen LogP contribution in [0.5, 0.6) is 0 Å². The van der Waals surface area contributed by atoms with E-state index in [4.69, 9.17) is 11.6 Å². The second-order valence-electron chi connectivity index (χ2n) is 3.71. The molecule has 0 aliphatic rings. The van der Waals surface area contributed by atoms with Gasteiger partial charge in [-0.3, -0.25) is 4.98 Å². The fourth-order valence-corrected chi connectivity index (χ4v) is 2.40. The van der Waals surface area contributed by atoms with Crippen molar-refractivity contribution in [2.45, 2.75) is 12.5 Å². The molecule has 2 nitrogen and oxygen atoms in total. The second-order valence-corrected chi connectivity index (χ2v) is 5.03. The van der Waals surface area contributed by atoms with Crippen LogP contribution in [0.15, 0.2) is 47.1 Å².